The zero-order valence-corrected chi connectivity index (χ0v) is 11.2. The first-order valence-corrected chi connectivity index (χ1v) is 7.11. The third kappa shape index (κ3) is 2.80. The van der Waals surface area contributed by atoms with Crippen LogP contribution in [0.3, 0.4) is 0 Å². The highest BCUT2D eigenvalue weighted by Gasteiger charge is 2.24. The van der Waals surface area contributed by atoms with Crippen LogP contribution in [0.1, 0.15) is 31.4 Å². The lowest BCUT2D eigenvalue weighted by Crippen LogP contribution is -2.33. The molecule has 1 fully saturated rings. The quantitative estimate of drug-likeness (QED) is 0.917. The van der Waals surface area contributed by atoms with Crippen molar-refractivity contribution in [2.75, 3.05) is 6.54 Å². The molecule has 0 aromatic carbocycles. The van der Waals surface area contributed by atoms with E-state index < -0.39 is 0 Å². The van der Waals surface area contributed by atoms with Gasteiger partial charge in [0.15, 0.2) is 0 Å². The molecule has 3 rings (SSSR count). The highest BCUT2D eigenvalue weighted by atomic mass is 16.5. The van der Waals surface area contributed by atoms with Crippen LogP contribution in [0.25, 0.3) is 5.65 Å². The average Bonchev–Trinajstić information content (AvgIpc) is 2.88. The maximum atomic E-state index is 6.05. The number of nitrogens with two attached hydrogens (primary N) is 1. The standard InChI is InChI=1S/C15H21N3O/c16-9-12-5-1-2-6-14(12)19-11-13-10-18-8-4-3-7-15(18)17-13/h3-4,7-8,10,12,14H,1-2,5-6,9,11,16H2. The van der Waals surface area contributed by atoms with Crippen LogP contribution in [-0.2, 0) is 11.3 Å². The summed E-state index contributed by atoms with van der Waals surface area (Å²) in [6.07, 6.45) is 9.23. The number of nitrogens with zero attached hydrogens (tertiary/aromatic N) is 2. The maximum Gasteiger partial charge on any atom is 0.137 e. The lowest BCUT2D eigenvalue weighted by Gasteiger charge is -2.30. The molecular weight excluding hydrogens is 238 g/mol. The van der Waals surface area contributed by atoms with E-state index in [1.165, 1.54) is 19.3 Å². The Bertz CT molecular complexity index is 504. The average molecular weight is 259 g/mol. The molecule has 0 aliphatic heterocycles. The number of rotatable bonds is 4. The number of pyridine rings is 1. The normalized spacial score (nSPS) is 23.8. The van der Waals surface area contributed by atoms with Crippen LogP contribution in [0.2, 0.25) is 0 Å². The van der Waals surface area contributed by atoms with Crippen molar-refractivity contribution in [3.63, 3.8) is 0 Å². The fourth-order valence-electron chi connectivity index (χ4n) is 2.91. The Morgan fingerprint density at radius 1 is 1.32 bits per heavy atom. The Morgan fingerprint density at radius 2 is 2.21 bits per heavy atom. The summed E-state index contributed by atoms with van der Waals surface area (Å²) < 4.78 is 8.07. The molecule has 0 saturated heterocycles. The molecule has 0 spiro atoms. The van der Waals surface area contributed by atoms with Gasteiger partial charge in [-0.2, -0.15) is 0 Å². The van der Waals surface area contributed by atoms with Gasteiger partial charge in [-0.25, -0.2) is 4.98 Å². The molecule has 4 nitrogen and oxygen atoms in total. The Labute approximate surface area is 113 Å². The van der Waals surface area contributed by atoms with E-state index in [0.717, 1.165) is 24.3 Å². The Kier molecular flexibility index (Phi) is 3.80. The number of fused-ring (bicyclic) bond motifs is 1. The van der Waals surface area contributed by atoms with E-state index >= 15 is 0 Å². The highest BCUT2D eigenvalue weighted by Crippen LogP contribution is 2.26. The largest absolute Gasteiger partial charge is 0.372 e. The summed E-state index contributed by atoms with van der Waals surface area (Å²) >= 11 is 0. The molecular formula is C15H21N3O. The summed E-state index contributed by atoms with van der Waals surface area (Å²) in [6, 6.07) is 6.01. The van der Waals surface area contributed by atoms with Crippen LogP contribution in [0.15, 0.2) is 30.6 Å². The van der Waals surface area contributed by atoms with Crippen molar-refractivity contribution in [3.05, 3.63) is 36.3 Å². The van der Waals surface area contributed by atoms with Gasteiger partial charge in [-0.1, -0.05) is 18.9 Å². The predicted octanol–water partition coefficient (Wildman–Crippen LogP) is 2.37. The fourth-order valence-corrected chi connectivity index (χ4v) is 2.91. The second kappa shape index (κ2) is 5.72. The van der Waals surface area contributed by atoms with Crippen LogP contribution in [0.4, 0.5) is 0 Å². The van der Waals surface area contributed by atoms with Crippen molar-refractivity contribution in [2.45, 2.75) is 38.4 Å². The minimum absolute atomic E-state index is 0.309. The smallest absolute Gasteiger partial charge is 0.137 e. The predicted molar refractivity (Wildman–Crippen MR) is 74.8 cm³/mol. The van der Waals surface area contributed by atoms with Gasteiger partial charge >= 0.3 is 0 Å². The maximum absolute atomic E-state index is 6.05. The Balaban J connectivity index is 1.64. The monoisotopic (exact) mass is 259 g/mol. The third-order valence-electron chi connectivity index (χ3n) is 4.00. The summed E-state index contributed by atoms with van der Waals surface area (Å²) in [6.45, 7) is 1.32. The second-order valence-corrected chi connectivity index (χ2v) is 5.33. The van der Waals surface area contributed by atoms with Crippen LogP contribution >= 0.6 is 0 Å². The first-order chi connectivity index (χ1) is 9.36. The number of ether oxygens (including phenoxy) is 1. The van der Waals surface area contributed by atoms with Gasteiger partial charge in [0.2, 0.25) is 0 Å². The van der Waals surface area contributed by atoms with Gasteiger partial charge in [0, 0.05) is 12.4 Å². The lowest BCUT2D eigenvalue weighted by molar-refractivity contribution is -0.0194. The van der Waals surface area contributed by atoms with Crippen LogP contribution in [-0.4, -0.2) is 22.0 Å². The number of hydrogen-bond acceptors (Lipinski definition) is 3. The zero-order valence-electron chi connectivity index (χ0n) is 11.2. The third-order valence-corrected chi connectivity index (χ3v) is 4.00. The van der Waals surface area contributed by atoms with Gasteiger partial charge < -0.3 is 14.9 Å². The molecule has 102 valence electrons. The van der Waals surface area contributed by atoms with Gasteiger partial charge in [0.1, 0.15) is 5.65 Å². The molecule has 2 N–H and O–H groups in total. The van der Waals surface area contributed by atoms with Gasteiger partial charge in [-0.05, 0) is 37.4 Å². The van der Waals surface area contributed by atoms with E-state index in [-0.39, 0.29) is 0 Å². The summed E-state index contributed by atoms with van der Waals surface area (Å²) in [7, 11) is 0. The van der Waals surface area contributed by atoms with E-state index in [1.807, 2.05) is 35.0 Å². The highest BCUT2D eigenvalue weighted by molar-refractivity contribution is 5.39. The molecule has 1 saturated carbocycles. The number of imidazole rings is 1. The molecule has 0 radical (unpaired) electrons. The zero-order chi connectivity index (χ0) is 13.1. The van der Waals surface area contributed by atoms with Crippen molar-refractivity contribution in [3.8, 4) is 0 Å². The molecule has 19 heavy (non-hydrogen) atoms. The topological polar surface area (TPSA) is 52.5 Å². The summed E-state index contributed by atoms with van der Waals surface area (Å²) in [5.41, 5.74) is 7.79. The van der Waals surface area contributed by atoms with Crippen molar-refractivity contribution < 1.29 is 4.74 Å². The van der Waals surface area contributed by atoms with Crippen LogP contribution in [0, 0.1) is 5.92 Å². The molecule has 0 bridgehead atoms. The first-order valence-electron chi connectivity index (χ1n) is 7.11. The molecule has 2 heterocycles. The lowest BCUT2D eigenvalue weighted by atomic mass is 9.86. The van der Waals surface area contributed by atoms with E-state index in [4.69, 9.17) is 10.5 Å². The van der Waals surface area contributed by atoms with E-state index in [2.05, 4.69) is 4.98 Å². The van der Waals surface area contributed by atoms with E-state index in [0.29, 0.717) is 18.6 Å². The number of aromatic nitrogens is 2. The first kappa shape index (κ1) is 12.6. The molecule has 4 heteroatoms. The Hall–Kier alpha value is -1.39. The second-order valence-electron chi connectivity index (χ2n) is 5.33. The van der Waals surface area contributed by atoms with Gasteiger partial charge in [-0.15, -0.1) is 0 Å². The molecule has 1 aliphatic carbocycles. The van der Waals surface area contributed by atoms with Gasteiger partial charge in [0.25, 0.3) is 0 Å². The van der Waals surface area contributed by atoms with Crippen molar-refractivity contribution >= 4 is 5.65 Å². The van der Waals surface area contributed by atoms with Crippen molar-refractivity contribution in [2.24, 2.45) is 11.7 Å². The van der Waals surface area contributed by atoms with E-state index in [1.54, 1.807) is 0 Å². The summed E-state index contributed by atoms with van der Waals surface area (Å²) in [5.74, 6) is 0.519. The molecule has 2 aromatic rings. The molecule has 1 aliphatic rings. The molecule has 2 aromatic heterocycles. The fraction of sp³-hybridized carbons (Fsp3) is 0.533. The van der Waals surface area contributed by atoms with Gasteiger partial charge in [-0.3, -0.25) is 0 Å². The minimum Gasteiger partial charge on any atom is -0.372 e. The molecule has 2 unspecified atom stereocenters. The van der Waals surface area contributed by atoms with Crippen LogP contribution in [0.5, 0.6) is 0 Å². The van der Waals surface area contributed by atoms with Crippen molar-refractivity contribution in [1.29, 1.82) is 0 Å². The van der Waals surface area contributed by atoms with Gasteiger partial charge in [0.05, 0.1) is 18.4 Å². The van der Waals surface area contributed by atoms with Crippen LogP contribution < -0.4 is 5.73 Å². The summed E-state index contributed by atoms with van der Waals surface area (Å²) in [4.78, 5) is 4.55. The number of hydrogen-bond donors (Lipinski definition) is 1. The SMILES string of the molecule is NCC1CCCCC1OCc1cn2ccccc2n1. The van der Waals surface area contributed by atoms with E-state index in [9.17, 15) is 0 Å². The summed E-state index contributed by atoms with van der Waals surface area (Å²) in [5, 5.41) is 0. The Morgan fingerprint density at radius 3 is 3.05 bits per heavy atom. The molecule has 2 atom stereocenters. The minimum atomic E-state index is 0.309. The molecule has 0 amide bonds. The van der Waals surface area contributed by atoms with Crippen molar-refractivity contribution in [1.82, 2.24) is 9.38 Å².